The van der Waals surface area contributed by atoms with Crippen LogP contribution in [0.25, 0.3) is 4.96 Å². The molecule has 0 N–H and O–H groups in total. The van der Waals surface area contributed by atoms with E-state index in [9.17, 15) is 13.2 Å². The molecular formula is C18H20N4O3S2. The molecule has 142 valence electrons. The highest BCUT2D eigenvalue weighted by molar-refractivity contribution is 7.89. The highest BCUT2D eigenvalue weighted by Crippen LogP contribution is 2.22. The summed E-state index contributed by atoms with van der Waals surface area (Å²) >= 11 is 1.37. The van der Waals surface area contributed by atoms with E-state index in [0.717, 1.165) is 10.6 Å². The second-order valence-electron chi connectivity index (χ2n) is 6.55. The molecule has 4 rings (SSSR count). The van der Waals surface area contributed by atoms with Gasteiger partial charge in [-0.2, -0.15) is 4.31 Å². The maximum absolute atomic E-state index is 13.2. The summed E-state index contributed by atoms with van der Waals surface area (Å²) in [5.41, 5.74) is 0.808. The van der Waals surface area contributed by atoms with Crippen LogP contribution < -0.4 is 10.5 Å². The molecule has 0 radical (unpaired) electrons. The zero-order valence-electron chi connectivity index (χ0n) is 15.1. The Morgan fingerprint density at radius 3 is 2.37 bits per heavy atom. The van der Waals surface area contributed by atoms with Crippen LogP contribution in [0.15, 0.2) is 46.2 Å². The summed E-state index contributed by atoms with van der Waals surface area (Å²) in [5, 5.41) is 0. The van der Waals surface area contributed by atoms with E-state index in [2.05, 4.69) is 9.88 Å². The number of aryl methyl sites for hydroxylation is 2. The maximum atomic E-state index is 13.2. The van der Waals surface area contributed by atoms with Crippen molar-refractivity contribution in [3.05, 3.63) is 57.5 Å². The van der Waals surface area contributed by atoms with Crippen LogP contribution in [-0.2, 0) is 10.0 Å². The Morgan fingerprint density at radius 2 is 1.70 bits per heavy atom. The quantitative estimate of drug-likeness (QED) is 0.666. The normalized spacial score (nSPS) is 16.1. The van der Waals surface area contributed by atoms with Crippen LogP contribution in [0, 0.1) is 13.8 Å². The number of nitrogens with zero attached hydrogens (tertiary/aromatic N) is 4. The molecule has 3 aromatic rings. The number of benzene rings is 1. The van der Waals surface area contributed by atoms with Gasteiger partial charge in [-0.3, -0.25) is 9.20 Å². The molecule has 0 saturated carbocycles. The summed E-state index contributed by atoms with van der Waals surface area (Å²) < 4.78 is 29.1. The Hall–Kier alpha value is -2.23. The SMILES string of the molecule is Cc1cn2c(=O)c(S(=O)(=O)N3CCN(c4ccccc4)CC3)c(C)nc2s1. The number of hydrogen-bond donors (Lipinski definition) is 0. The third-order valence-corrected chi connectivity index (χ3v) is 7.66. The summed E-state index contributed by atoms with van der Waals surface area (Å²) in [6.45, 7) is 5.28. The summed E-state index contributed by atoms with van der Waals surface area (Å²) in [6.07, 6.45) is 1.64. The van der Waals surface area contributed by atoms with Gasteiger partial charge >= 0.3 is 0 Å². The average molecular weight is 405 g/mol. The number of anilines is 1. The smallest absolute Gasteiger partial charge is 0.279 e. The molecule has 3 heterocycles. The number of fused-ring (bicyclic) bond motifs is 1. The lowest BCUT2D eigenvalue weighted by Crippen LogP contribution is -2.49. The standard InChI is InChI=1S/C18H20N4O3S2/c1-13-12-22-17(23)16(14(2)19-18(22)26-13)27(24,25)21-10-8-20(9-11-21)15-6-4-3-5-7-15/h3-7,12H,8-11H2,1-2H3. The predicted octanol–water partition coefficient (Wildman–Crippen LogP) is 1.88. The lowest BCUT2D eigenvalue weighted by atomic mass is 10.2. The van der Waals surface area contributed by atoms with Crippen LogP contribution in [0.4, 0.5) is 5.69 Å². The number of sulfonamides is 1. The van der Waals surface area contributed by atoms with Crippen LogP contribution in [0.3, 0.4) is 0 Å². The third kappa shape index (κ3) is 3.15. The lowest BCUT2D eigenvalue weighted by Gasteiger charge is -2.35. The van der Waals surface area contributed by atoms with E-state index in [1.807, 2.05) is 37.3 Å². The molecular weight excluding hydrogens is 384 g/mol. The Labute approximate surface area is 161 Å². The molecule has 0 amide bonds. The van der Waals surface area contributed by atoms with E-state index in [-0.39, 0.29) is 10.6 Å². The van der Waals surface area contributed by atoms with Gasteiger partial charge in [0.2, 0.25) is 0 Å². The number of hydrogen-bond acceptors (Lipinski definition) is 6. The third-order valence-electron chi connectivity index (χ3n) is 4.73. The van der Waals surface area contributed by atoms with E-state index in [1.54, 1.807) is 13.1 Å². The molecule has 0 unspecified atom stereocenters. The second-order valence-corrected chi connectivity index (χ2v) is 9.64. The highest BCUT2D eigenvalue weighted by atomic mass is 32.2. The molecule has 1 aromatic carbocycles. The highest BCUT2D eigenvalue weighted by Gasteiger charge is 2.33. The van der Waals surface area contributed by atoms with Crippen LogP contribution in [-0.4, -0.2) is 48.3 Å². The van der Waals surface area contributed by atoms with Gasteiger partial charge in [0.1, 0.15) is 0 Å². The number of piperazine rings is 1. The second kappa shape index (κ2) is 6.74. The lowest BCUT2D eigenvalue weighted by molar-refractivity contribution is 0.384. The molecule has 0 bridgehead atoms. The molecule has 1 aliphatic heterocycles. The maximum Gasteiger partial charge on any atom is 0.279 e. The van der Waals surface area contributed by atoms with Gasteiger partial charge in [-0.25, -0.2) is 13.4 Å². The van der Waals surface area contributed by atoms with E-state index in [0.29, 0.717) is 31.1 Å². The molecule has 0 aliphatic carbocycles. The molecule has 27 heavy (non-hydrogen) atoms. The Morgan fingerprint density at radius 1 is 1.04 bits per heavy atom. The van der Waals surface area contributed by atoms with Gasteiger partial charge in [0.15, 0.2) is 9.86 Å². The zero-order chi connectivity index (χ0) is 19.2. The Kier molecular flexibility index (Phi) is 4.53. The van der Waals surface area contributed by atoms with Gasteiger partial charge in [0, 0.05) is 42.9 Å². The predicted molar refractivity (Wildman–Crippen MR) is 106 cm³/mol. The van der Waals surface area contributed by atoms with Gasteiger partial charge in [-0.05, 0) is 26.0 Å². The molecule has 1 aliphatic rings. The van der Waals surface area contributed by atoms with Crippen LogP contribution in [0.5, 0.6) is 0 Å². The van der Waals surface area contributed by atoms with Crippen molar-refractivity contribution in [1.29, 1.82) is 0 Å². The average Bonchev–Trinajstić information content (AvgIpc) is 3.03. The monoisotopic (exact) mass is 404 g/mol. The zero-order valence-corrected chi connectivity index (χ0v) is 16.8. The van der Waals surface area contributed by atoms with Gasteiger partial charge in [0.25, 0.3) is 15.6 Å². The summed E-state index contributed by atoms with van der Waals surface area (Å²) in [7, 11) is -3.90. The van der Waals surface area contributed by atoms with E-state index in [1.165, 1.54) is 20.0 Å². The molecule has 1 fully saturated rings. The van der Waals surface area contributed by atoms with Crippen LogP contribution in [0.2, 0.25) is 0 Å². The molecule has 0 spiro atoms. The van der Waals surface area contributed by atoms with Crippen molar-refractivity contribution in [2.45, 2.75) is 18.7 Å². The summed E-state index contributed by atoms with van der Waals surface area (Å²) in [4.78, 5) is 20.6. The minimum Gasteiger partial charge on any atom is -0.369 e. The first kappa shape index (κ1) is 18.1. The Balaban J connectivity index is 1.65. The number of rotatable bonds is 3. The van der Waals surface area contributed by atoms with Gasteiger partial charge in [-0.15, -0.1) is 11.3 Å². The molecule has 9 heteroatoms. The fraction of sp³-hybridized carbons (Fsp3) is 0.333. The van der Waals surface area contributed by atoms with E-state index < -0.39 is 15.6 Å². The molecule has 2 aromatic heterocycles. The molecule has 0 atom stereocenters. The van der Waals surface area contributed by atoms with Gasteiger partial charge < -0.3 is 4.90 Å². The molecule has 1 saturated heterocycles. The number of aromatic nitrogens is 2. The minimum absolute atomic E-state index is 0.217. The van der Waals surface area contributed by atoms with Crippen molar-refractivity contribution >= 4 is 32.0 Å². The van der Waals surface area contributed by atoms with Gasteiger partial charge in [0.05, 0.1) is 5.69 Å². The number of para-hydroxylation sites is 1. The molecule has 7 nitrogen and oxygen atoms in total. The van der Waals surface area contributed by atoms with Gasteiger partial charge in [-0.1, -0.05) is 18.2 Å². The van der Waals surface area contributed by atoms with Crippen molar-refractivity contribution in [1.82, 2.24) is 13.7 Å². The van der Waals surface area contributed by atoms with E-state index >= 15 is 0 Å². The summed E-state index contributed by atoms with van der Waals surface area (Å²) in [6, 6.07) is 9.91. The number of thiazole rings is 1. The van der Waals surface area contributed by atoms with Crippen molar-refractivity contribution in [3.63, 3.8) is 0 Å². The summed E-state index contributed by atoms with van der Waals surface area (Å²) in [5.74, 6) is 0. The topological polar surface area (TPSA) is 75.0 Å². The largest absolute Gasteiger partial charge is 0.369 e. The first-order valence-electron chi connectivity index (χ1n) is 8.67. The van der Waals surface area contributed by atoms with Crippen molar-refractivity contribution < 1.29 is 8.42 Å². The van der Waals surface area contributed by atoms with Crippen molar-refractivity contribution in [3.8, 4) is 0 Å². The van der Waals surface area contributed by atoms with Crippen LogP contribution >= 0.6 is 11.3 Å². The van der Waals surface area contributed by atoms with Crippen molar-refractivity contribution in [2.75, 3.05) is 31.1 Å². The van der Waals surface area contributed by atoms with Crippen LogP contribution in [0.1, 0.15) is 10.6 Å². The Bertz CT molecular complexity index is 1140. The fourth-order valence-electron chi connectivity index (χ4n) is 3.39. The van der Waals surface area contributed by atoms with E-state index in [4.69, 9.17) is 0 Å². The van der Waals surface area contributed by atoms with Crippen molar-refractivity contribution in [2.24, 2.45) is 0 Å². The first-order chi connectivity index (χ1) is 12.9. The minimum atomic E-state index is -3.90. The first-order valence-corrected chi connectivity index (χ1v) is 10.9. The fourth-order valence-corrected chi connectivity index (χ4v) is 5.89.